The number of carbonyl (C=O) groups is 2. The van der Waals surface area contributed by atoms with Gasteiger partial charge in [0.2, 0.25) is 5.91 Å². The van der Waals surface area contributed by atoms with E-state index in [0.29, 0.717) is 17.1 Å². The van der Waals surface area contributed by atoms with Crippen molar-refractivity contribution in [2.45, 2.75) is 27.2 Å². The van der Waals surface area contributed by atoms with Gasteiger partial charge in [0.05, 0.1) is 5.69 Å². The predicted molar refractivity (Wildman–Crippen MR) is 104 cm³/mol. The highest BCUT2D eigenvalue weighted by Gasteiger charge is 2.16. The third kappa shape index (κ3) is 4.81. The third-order valence-corrected chi connectivity index (χ3v) is 3.91. The van der Waals surface area contributed by atoms with Crippen LogP contribution < -0.4 is 10.2 Å². The van der Waals surface area contributed by atoms with E-state index in [-0.39, 0.29) is 17.2 Å². The molecule has 0 radical (unpaired) electrons. The second-order valence-electron chi connectivity index (χ2n) is 7.48. The number of nitrogens with zero attached hydrogens (tertiary/aromatic N) is 3. The Bertz CT molecular complexity index is 813. The van der Waals surface area contributed by atoms with Crippen molar-refractivity contribution < 1.29 is 9.59 Å². The van der Waals surface area contributed by atoms with E-state index in [0.717, 1.165) is 12.1 Å². The van der Waals surface area contributed by atoms with Gasteiger partial charge < -0.3 is 10.2 Å². The first kappa shape index (κ1) is 19.4. The van der Waals surface area contributed by atoms with Crippen molar-refractivity contribution in [1.82, 2.24) is 9.78 Å². The number of aryl methyl sites for hydroxylation is 1. The van der Waals surface area contributed by atoms with Gasteiger partial charge in [-0.15, -0.1) is 0 Å². The zero-order chi connectivity index (χ0) is 19.5. The van der Waals surface area contributed by atoms with E-state index in [9.17, 15) is 9.59 Å². The van der Waals surface area contributed by atoms with Crippen molar-refractivity contribution >= 4 is 23.3 Å². The van der Waals surface area contributed by atoms with Gasteiger partial charge in [-0.2, -0.15) is 5.10 Å². The molecule has 0 unspecified atom stereocenters. The number of anilines is 2. The van der Waals surface area contributed by atoms with Gasteiger partial charge in [-0.25, -0.2) is 0 Å². The molecule has 6 nitrogen and oxygen atoms in total. The fourth-order valence-electron chi connectivity index (χ4n) is 2.56. The van der Waals surface area contributed by atoms with Crippen LogP contribution in [0, 0.1) is 5.41 Å². The molecule has 138 valence electrons. The zero-order valence-corrected chi connectivity index (χ0v) is 16.0. The molecule has 2 rings (SSSR count). The molecule has 1 aromatic heterocycles. The van der Waals surface area contributed by atoms with Crippen molar-refractivity contribution in [1.29, 1.82) is 0 Å². The number of aromatic nitrogens is 2. The van der Waals surface area contributed by atoms with Crippen molar-refractivity contribution in [3.8, 4) is 0 Å². The minimum Gasteiger partial charge on any atom is -0.312 e. The van der Waals surface area contributed by atoms with Crippen molar-refractivity contribution in [2.24, 2.45) is 12.5 Å². The molecule has 6 heteroatoms. The molecule has 0 spiro atoms. The lowest BCUT2D eigenvalue weighted by Crippen LogP contribution is -2.23. The summed E-state index contributed by atoms with van der Waals surface area (Å²) in [5, 5.41) is 7.34. The van der Waals surface area contributed by atoms with Gasteiger partial charge in [0.1, 0.15) is 5.82 Å². The Morgan fingerprint density at radius 3 is 2.42 bits per heavy atom. The van der Waals surface area contributed by atoms with Crippen LogP contribution in [0.2, 0.25) is 0 Å². The lowest BCUT2D eigenvalue weighted by Gasteiger charge is -2.15. The summed E-state index contributed by atoms with van der Waals surface area (Å²) in [6.07, 6.45) is 2.08. The summed E-state index contributed by atoms with van der Waals surface area (Å²) >= 11 is 0. The van der Waals surface area contributed by atoms with Gasteiger partial charge in [-0.3, -0.25) is 14.3 Å². The van der Waals surface area contributed by atoms with Gasteiger partial charge >= 0.3 is 0 Å². The van der Waals surface area contributed by atoms with Gasteiger partial charge in [0.15, 0.2) is 0 Å². The molecule has 26 heavy (non-hydrogen) atoms. The minimum absolute atomic E-state index is 0.125. The molecule has 0 saturated heterocycles. The minimum atomic E-state index is -0.223. The van der Waals surface area contributed by atoms with Crippen molar-refractivity contribution in [3.63, 3.8) is 0 Å². The van der Waals surface area contributed by atoms with Crippen LogP contribution in [0.25, 0.3) is 0 Å². The first-order valence-corrected chi connectivity index (χ1v) is 8.45. The summed E-state index contributed by atoms with van der Waals surface area (Å²) < 4.78 is 1.67. The molecule has 2 amide bonds. The highest BCUT2D eigenvalue weighted by Crippen LogP contribution is 2.22. The topological polar surface area (TPSA) is 67.2 Å². The lowest BCUT2D eigenvalue weighted by molar-refractivity contribution is -0.113. The Labute approximate surface area is 154 Å². The molecule has 0 bridgehead atoms. The molecule has 0 fully saturated rings. The molecule has 2 aromatic rings. The average molecular weight is 354 g/mol. The summed E-state index contributed by atoms with van der Waals surface area (Å²) in [4.78, 5) is 25.6. The second kappa shape index (κ2) is 7.56. The molecule has 0 aliphatic heterocycles. The Balaban J connectivity index is 2.11. The fraction of sp³-hybridized carbons (Fsp3) is 0.350. The number of likely N-dealkylation sites (N-methyl/N-ethyl adjacent to an activating group) is 1. The maximum atomic E-state index is 12.5. The van der Waals surface area contributed by atoms with Crippen molar-refractivity contribution in [3.05, 3.63) is 54.2 Å². The third-order valence-electron chi connectivity index (χ3n) is 3.91. The Morgan fingerprint density at radius 1 is 1.27 bits per heavy atom. The predicted octanol–water partition coefficient (Wildman–Crippen LogP) is 3.41. The molecule has 1 heterocycles. The molecule has 1 aromatic carbocycles. The zero-order valence-electron chi connectivity index (χ0n) is 16.0. The van der Waals surface area contributed by atoms with E-state index in [4.69, 9.17) is 0 Å². The Hall–Kier alpha value is -2.89. The fourth-order valence-corrected chi connectivity index (χ4v) is 2.56. The standard InChI is InChI=1S/C20H26N4O2/c1-7-18(25)23(5)16-10-8-14(9-11-16)19(26)21-17-12-15(22-24(17)6)13-20(2,3)4/h7-12H,1,13H2,2-6H3,(H,21,26). The number of amides is 2. The van der Waals surface area contributed by atoms with Crippen molar-refractivity contribution in [2.75, 3.05) is 17.3 Å². The van der Waals surface area contributed by atoms with Crippen LogP contribution >= 0.6 is 0 Å². The Morgan fingerprint density at radius 2 is 1.88 bits per heavy atom. The molecular formula is C20H26N4O2. The molecule has 0 aliphatic rings. The average Bonchev–Trinajstić information content (AvgIpc) is 2.90. The van der Waals surface area contributed by atoms with E-state index >= 15 is 0 Å². The monoisotopic (exact) mass is 354 g/mol. The number of hydrogen-bond donors (Lipinski definition) is 1. The second-order valence-corrected chi connectivity index (χ2v) is 7.48. The molecule has 0 aliphatic carbocycles. The molecular weight excluding hydrogens is 328 g/mol. The normalized spacial score (nSPS) is 11.1. The van der Waals surface area contributed by atoms with Gasteiger partial charge in [0, 0.05) is 31.4 Å². The number of nitrogens with one attached hydrogen (secondary N) is 1. The molecule has 0 atom stereocenters. The van der Waals surface area contributed by atoms with E-state index in [1.807, 2.05) is 6.07 Å². The SMILES string of the molecule is C=CC(=O)N(C)c1ccc(C(=O)Nc2cc(CC(C)(C)C)nn2C)cc1. The molecule has 0 saturated carbocycles. The van der Waals surface area contributed by atoms with Gasteiger partial charge in [-0.1, -0.05) is 27.4 Å². The van der Waals surface area contributed by atoms with E-state index in [1.165, 1.54) is 11.0 Å². The maximum absolute atomic E-state index is 12.5. The van der Waals surface area contributed by atoms with Crippen LogP contribution in [-0.2, 0) is 18.3 Å². The van der Waals surface area contributed by atoms with E-state index < -0.39 is 0 Å². The number of hydrogen-bond acceptors (Lipinski definition) is 3. The summed E-state index contributed by atoms with van der Waals surface area (Å²) in [7, 11) is 3.46. The number of benzene rings is 1. The number of rotatable bonds is 5. The van der Waals surface area contributed by atoms with E-state index in [2.05, 4.69) is 37.8 Å². The first-order valence-electron chi connectivity index (χ1n) is 8.45. The van der Waals surface area contributed by atoms with Crippen LogP contribution in [0.15, 0.2) is 43.0 Å². The van der Waals surface area contributed by atoms with Crippen LogP contribution in [0.1, 0.15) is 36.8 Å². The largest absolute Gasteiger partial charge is 0.312 e. The van der Waals surface area contributed by atoms with Gasteiger partial charge in [-0.05, 0) is 42.2 Å². The smallest absolute Gasteiger partial charge is 0.256 e. The van der Waals surface area contributed by atoms with Gasteiger partial charge in [0.25, 0.3) is 5.91 Å². The summed E-state index contributed by atoms with van der Waals surface area (Å²) in [5.41, 5.74) is 2.27. The van der Waals surface area contributed by atoms with Crippen LogP contribution in [0.3, 0.4) is 0 Å². The van der Waals surface area contributed by atoms with Crippen LogP contribution in [-0.4, -0.2) is 28.6 Å². The van der Waals surface area contributed by atoms with E-state index in [1.54, 1.807) is 43.0 Å². The lowest BCUT2D eigenvalue weighted by atomic mass is 9.91. The van der Waals surface area contributed by atoms with Crippen LogP contribution in [0.4, 0.5) is 11.5 Å². The first-order chi connectivity index (χ1) is 12.1. The summed E-state index contributed by atoms with van der Waals surface area (Å²) in [6.45, 7) is 9.91. The number of carbonyl (C=O) groups excluding carboxylic acids is 2. The summed E-state index contributed by atoms with van der Waals surface area (Å²) in [6, 6.07) is 8.72. The van der Waals surface area contributed by atoms with Crippen LogP contribution in [0.5, 0.6) is 0 Å². The Kier molecular flexibility index (Phi) is 5.65. The summed E-state index contributed by atoms with van der Waals surface area (Å²) in [5.74, 6) is 0.223. The molecule has 1 N–H and O–H groups in total. The highest BCUT2D eigenvalue weighted by molar-refractivity contribution is 6.05. The quantitative estimate of drug-likeness (QED) is 0.837. The maximum Gasteiger partial charge on any atom is 0.256 e. The highest BCUT2D eigenvalue weighted by atomic mass is 16.2.